The Morgan fingerprint density at radius 2 is 0.215 bits per heavy atom. The van der Waals surface area contributed by atoms with E-state index in [2.05, 4.69) is 541 Å². The zero-order chi connectivity index (χ0) is 90.5. The first-order chi connectivity index (χ1) is 63.4. The summed E-state index contributed by atoms with van der Waals surface area (Å²) in [5, 5.41) is 0. The van der Waals surface area contributed by atoms with Crippen molar-refractivity contribution in [2.45, 2.75) is 162 Å². The minimum atomic E-state index is -2.65. The lowest BCUT2D eigenvalue weighted by molar-refractivity contribution is 0.869. The van der Waals surface area contributed by atoms with Gasteiger partial charge in [0.2, 0.25) is 48.4 Å². The van der Waals surface area contributed by atoms with Crippen molar-refractivity contribution in [3.05, 3.63) is 431 Å². The molecule has 0 atom stereocenters. The van der Waals surface area contributed by atoms with Gasteiger partial charge in [0.05, 0.1) is 16.1 Å². The van der Waals surface area contributed by atoms with Crippen molar-refractivity contribution < 1.29 is 0 Å². The van der Waals surface area contributed by atoms with Crippen LogP contribution >= 0.6 is 0 Å². The molecule has 12 aromatic rings. The molecule has 0 amide bonds. The summed E-state index contributed by atoms with van der Waals surface area (Å²) in [4.78, 5) is 0. The SMILES string of the molecule is C[Si](C#Cc1ccccc1)(C#Cc1ccccc1)CCC[Si](CCC[Si](C)(C#Cc1ccccc1)C#Cc1ccccc1)(CCC[Si](C)(C#Cc1ccccc1)C#Cc1ccccc1)CC[Si](CCC[Si](C)(C#Cc1ccccc1)C#Cc1ccccc1)(CCC[Si](C)(C#Cc1ccccc1)C#Cc1ccccc1)CCC[Si](C)(C#Cc1ccccc1)C#Cc1ccccc1. The molecule has 130 heavy (non-hydrogen) atoms. The normalized spacial score (nSPS) is 11.0. The Morgan fingerprint density at radius 3 is 0.308 bits per heavy atom. The third-order valence-corrected chi connectivity index (χ3v) is 52.4. The second-order valence-corrected chi connectivity index (χ2v) is 68.0. The molecule has 12 aromatic carbocycles. The molecule has 0 unspecified atom stereocenters. The van der Waals surface area contributed by atoms with E-state index >= 15 is 0 Å². The molecule has 0 spiro atoms. The number of hydrogen-bond donors (Lipinski definition) is 0. The van der Waals surface area contributed by atoms with E-state index in [1.54, 1.807) is 0 Å². The molecule has 0 aliphatic rings. The Hall–Kier alpha value is -12.9. The van der Waals surface area contributed by atoms with Crippen LogP contribution in [-0.2, 0) is 0 Å². The molecule has 0 radical (unpaired) electrons. The molecule has 0 saturated carbocycles. The lowest BCUT2D eigenvalue weighted by atomic mass is 10.2. The smallest absolute Gasteiger partial charge is 0.110 e. The van der Waals surface area contributed by atoms with Crippen LogP contribution in [0.1, 0.15) is 105 Å². The van der Waals surface area contributed by atoms with Crippen molar-refractivity contribution in [3.63, 3.8) is 0 Å². The Kier molecular flexibility index (Phi) is 37.1. The van der Waals surface area contributed by atoms with Crippen LogP contribution < -0.4 is 0 Å². The molecule has 8 heteroatoms. The van der Waals surface area contributed by atoms with Crippen molar-refractivity contribution in [1.29, 1.82) is 0 Å². The van der Waals surface area contributed by atoms with E-state index in [1.807, 2.05) is 0 Å². The first-order valence-corrected chi connectivity index (χ1v) is 68.3. The van der Waals surface area contributed by atoms with Gasteiger partial charge in [0.25, 0.3) is 0 Å². The minimum absolute atomic E-state index is 0.963. The third-order valence-electron chi connectivity index (χ3n) is 24.6. The van der Waals surface area contributed by atoms with Crippen LogP contribution in [0.5, 0.6) is 0 Å². The van der Waals surface area contributed by atoms with E-state index in [-0.39, 0.29) is 0 Å². The molecule has 0 heterocycles. The van der Waals surface area contributed by atoms with Gasteiger partial charge in [-0.05, 0) is 221 Å². The maximum atomic E-state index is 4.02. The third kappa shape index (κ3) is 33.9. The van der Waals surface area contributed by atoms with Gasteiger partial charge in [-0.3, -0.25) is 0 Å². The maximum absolute atomic E-state index is 4.02. The van der Waals surface area contributed by atoms with E-state index in [0.717, 1.165) is 178 Å². The number of hydrogen-bond acceptors (Lipinski definition) is 0. The van der Waals surface area contributed by atoms with Gasteiger partial charge in [-0.25, -0.2) is 0 Å². The molecule has 0 aromatic heterocycles. The van der Waals surface area contributed by atoms with Crippen molar-refractivity contribution in [1.82, 2.24) is 0 Å². The molecule has 0 fully saturated rings. The summed E-state index contributed by atoms with van der Waals surface area (Å²) in [6, 6.07) is 142. The summed E-state index contributed by atoms with van der Waals surface area (Å²) < 4.78 is 0. The van der Waals surface area contributed by atoms with Gasteiger partial charge >= 0.3 is 0 Å². The molecule has 0 aliphatic carbocycles. The Morgan fingerprint density at radius 1 is 0.123 bits per heavy atom. The Balaban J connectivity index is 1.05. The number of rotatable bonds is 27. The Bertz CT molecular complexity index is 5070. The fraction of sp³-hybridized carbons (Fsp3) is 0.213. The summed E-state index contributed by atoms with van der Waals surface area (Å²) in [7, 11) is -21.0. The van der Waals surface area contributed by atoms with E-state index in [4.69, 9.17) is 0 Å². The highest BCUT2D eigenvalue weighted by atomic mass is 28.3. The predicted molar refractivity (Wildman–Crippen MR) is 576 cm³/mol. The van der Waals surface area contributed by atoms with Crippen LogP contribution in [0.25, 0.3) is 0 Å². The average Bonchev–Trinajstić information content (AvgIpc) is 0.812. The van der Waals surface area contributed by atoms with Crippen LogP contribution in [0.15, 0.2) is 364 Å². The lowest BCUT2D eigenvalue weighted by Gasteiger charge is -2.40. The minimum Gasteiger partial charge on any atom is -0.110 e. The number of benzene rings is 12. The van der Waals surface area contributed by atoms with E-state index in [1.165, 1.54) is 12.1 Å². The van der Waals surface area contributed by atoms with E-state index in [0.29, 0.717) is 0 Å². The van der Waals surface area contributed by atoms with Crippen LogP contribution in [0.3, 0.4) is 0 Å². The molecule has 0 N–H and O–H groups in total. The van der Waals surface area contributed by atoms with Gasteiger partial charge in [-0.1, -0.05) is 376 Å². The zero-order valence-electron chi connectivity index (χ0n) is 76.8. The molecule has 0 aliphatic heterocycles. The summed E-state index contributed by atoms with van der Waals surface area (Å²) in [5.74, 6) is 44.9. The highest BCUT2D eigenvalue weighted by Crippen LogP contribution is 2.43. The van der Waals surface area contributed by atoms with Crippen molar-refractivity contribution in [3.8, 4) is 138 Å². The van der Waals surface area contributed by atoms with Gasteiger partial charge in [0, 0.05) is 66.8 Å². The maximum Gasteiger partial charge on any atom is 0.214 e. The summed E-state index contributed by atoms with van der Waals surface area (Å²) in [5.41, 5.74) is 60.6. The van der Waals surface area contributed by atoms with Crippen molar-refractivity contribution >= 4 is 64.6 Å². The lowest BCUT2D eigenvalue weighted by Crippen LogP contribution is -2.42. The predicted octanol–water partition coefficient (Wildman–Crippen LogP) is 27.8. The Labute approximate surface area is 788 Å². The van der Waals surface area contributed by atoms with E-state index < -0.39 is 64.6 Å². The van der Waals surface area contributed by atoms with Gasteiger partial charge in [-0.2, -0.15) is 0 Å². The fourth-order valence-electron chi connectivity index (χ4n) is 16.6. The molecule has 0 nitrogen and oxygen atoms in total. The van der Waals surface area contributed by atoms with Crippen molar-refractivity contribution in [2.24, 2.45) is 0 Å². The summed E-state index contributed by atoms with van der Waals surface area (Å²) in [6.07, 6.45) is 6.26. The summed E-state index contributed by atoms with van der Waals surface area (Å²) in [6.45, 7) is 14.7. The molecule has 0 saturated heterocycles. The monoisotopic (exact) mass is 1810 g/mol. The molecule has 638 valence electrons. The van der Waals surface area contributed by atoms with Crippen LogP contribution in [0.4, 0.5) is 0 Å². The topological polar surface area (TPSA) is 0 Å². The summed E-state index contributed by atoms with van der Waals surface area (Å²) >= 11 is 0. The first kappa shape index (κ1) is 96.2. The standard InChI is InChI=1S/C122H118Si8/c1-123(97-73-111-49-19-7-20-50-111,98-74-112-51-21-8-22-52-112)85-43-91-129(92-44-86-124(2,99-75-113-53-23-9-24-54-113)100-76-114-55-25-10-26-56-114,93-45-87-125(3,101-77-115-57-27-11-28-58-115)102-78-116-59-29-12-30-60-116)109-110-130(94-46-88-126(4,103-79-117-61-31-13-32-62-117)104-80-118-63-33-14-34-64-118,95-47-89-127(5,105-81-119-65-35-15-36-66-119)106-82-120-67-37-16-38-68-120)96-48-90-128(6,107-83-121-69-39-17-40-70-121)108-84-122-71-41-18-42-72-122/h7-42,49-72H,43-48,85-96,109-110H2,1-6H3. The van der Waals surface area contributed by atoms with Gasteiger partial charge in [0.15, 0.2) is 0 Å². The van der Waals surface area contributed by atoms with Crippen molar-refractivity contribution in [2.75, 3.05) is 0 Å². The second kappa shape index (κ2) is 50.2. The second-order valence-electron chi connectivity index (χ2n) is 36.0. The van der Waals surface area contributed by atoms with Crippen LogP contribution in [0, 0.1) is 138 Å². The largest absolute Gasteiger partial charge is 0.214 e. The highest BCUT2D eigenvalue weighted by molar-refractivity contribution is 6.96. The molecule has 0 bridgehead atoms. The molecule has 12 rings (SSSR count). The van der Waals surface area contributed by atoms with Gasteiger partial charge < -0.3 is 0 Å². The van der Waals surface area contributed by atoms with E-state index in [9.17, 15) is 0 Å². The quantitative estimate of drug-likeness (QED) is 0.0356. The molecular weight excluding hydrogens is 1690 g/mol. The zero-order valence-corrected chi connectivity index (χ0v) is 84.8. The fourth-order valence-corrected chi connectivity index (χ4v) is 43.8. The van der Waals surface area contributed by atoms with Crippen LogP contribution in [-0.4, -0.2) is 64.6 Å². The highest BCUT2D eigenvalue weighted by Gasteiger charge is 2.42. The van der Waals surface area contributed by atoms with Gasteiger partial charge in [0.1, 0.15) is 0 Å². The average molecular weight is 1810 g/mol. The molecular formula is C122H118Si8. The van der Waals surface area contributed by atoms with Crippen LogP contribution in [0.2, 0.25) is 124 Å². The first-order valence-electron chi connectivity index (χ1n) is 46.4. The van der Waals surface area contributed by atoms with Gasteiger partial charge in [-0.15, -0.1) is 66.5 Å².